The highest BCUT2D eigenvalue weighted by atomic mass is 15.3. The van der Waals surface area contributed by atoms with Gasteiger partial charge in [0.15, 0.2) is 5.82 Å². The summed E-state index contributed by atoms with van der Waals surface area (Å²) < 4.78 is 0. The highest BCUT2D eigenvalue weighted by molar-refractivity contribution is 5.67. The largest absolute Gasteiger partial charge is 0.353 e. The minimum absolute atomic E-state index is 0.673. The highest BCUT2D eigenvalue weighted by Crippen LogP contribution is 2.26. The van der Waals surface area contributed by atoms with E-state index in [0.29, 0.717) is 5.82 Å². The maximum absolute atomic E-state index is 4.87. The second kappa shape index (κ2) is 8.24. The smallest absolute Gasteiger partial charge is 0.163 e. The zero-order valence-corrected chi connectivity index (χ0v) is 16.5. The van der Waals surface area contributed by atoms with Crippen molar-refractivity contribution in [2.24, 2.45) is 0 Å². The molecule has 4 aromatic rings. The molecule has 5 rings (SSSR count). The van der Waals surface area contributed by atoms with Crippen LogP contribution in [0.5, 0.6) is 0 Å². The van der Waals surface area contributed by atoms with Crippen LogP contribution in [-0.2, 0) is 0 Å². The molecule has 5 heterocycles. The second-order valence-corrected chi connectivity index (χ2v) is 7.08. The van der Waals surface area contributed by atoms with Gasteiger partial charge in [-0.15, -0.1) is 0 Å². The summed E-state index contributed by atoms with van der Waals surface area (Å²) in [6, 6.07) is 15.9. The minimum Gasteiger partial charge on any atom is -0.353 e. The van der Waals surface area contributed by atoms with Crippen molar-refractivity contribution in [2.75, 3.05) is 36.0 Å². The summed E-state index contributed by atoms with van der Waals surface area (Å²) in [5.41, 5.74) is 2.73. The fourth-order valence-corrected chi connectivity index (χ4v) is 3.59. The van der Waals surface area contributed by atoms with Crippen LogP contribution in [0.2, 0.25) is 0 Å². The van der Waals surface area contributed by atoms with Crippen LogP contribution in [0.15, 0.2) is 79.5 Å². The number of hydrogen-bond donors (Lipinski definition) is 0. The molecule has 0 unspecified atom stereocenters. The van der Waals surface area contributed by atoms with E-state index in [0.717, 1.165) is 54.6 Å². The summed E-state index contributed by atoms with van der Waals surface area (Å²) in [4.78, 5) is 27.2. The molecule has 0 bridgehead atoms. The van der Waals surface area contributed by atoms with E-state index in [1.165, 1.54) is 0 Å². The quantitative estimate of drug-likeness (QED) is 0.525. The number of anilines is 2. The molecular weight excluding hydrogens is 374 g/mol. The maximum atomic E-state index is 4.87. The van der Waals surface area contributed by atoms with Crippen molar-refractivity contribution in [3.63, 3.8) is 0 Å². The van der Waals surface area contributed by atoms with Gasteiger partial charge in [-0.3, -0.25) is 9.97 Å². The number of pyridine rings is 3. The average Bonchev–Trinajstić information content (AvgIpc) is 2.85. The summed E-state index contributed by atoms with van der Waals surface area (Å²) in [5, 5.41) is 0. The Kier molecular flexibility index (Phi) is 4.99. The van der Waals surface area contributed by atoms with Gasteiger partial charge in [0.1, 0.15) is 11.6 Å². The van der Waals surface area contributed by atoms with Gasteiger partial charge in [0, 0.05) is 74.4 Å². The van der Waals surface area contributed by atoms with Crippen LogP contribution in [-0.4, -0.2) is 51.1 Å². The van der Waals surface area contributed by atoms with E-state index in [1.54, 1.807) is 18.6 Å². The van der Waals surface area contributed by atoms with Crippen molar-refractivity contribution < 1.29 is 0 Å². The third-order valence-corrected chi connectivity index (χ3v) is 5.17. The van der Waals surface area contributed by atoms with Gasteiger partial charge in [-0.25, -0.2) is 15.0 Å². The van der Waals surface area contributed by atoms with Gasteiger partial charge in [-0.1, -0.05) is 6.07 Å². The van der Waals surface area contributed by atoms with Crippen LogP contribution in [0.4, 0.5) is 11.6 Å². The molecule has 0 saturated carbocycles. The molecule has 0 aliphatic carbocycles. The molecule has 1 aliphatic heterocycles. The van der Waals surface area contributed by atoms with Crippen LogP contribution in [0.25, 0.3) is 22.6 Å². The Morgan fingerprint density at radius 2 is 1.33 bits per heavy atom. The molecule has 148 valence electrons. The molecule has 1 saturated heterocycles. The van der Waals surface area contributed by atoms with Crippen molar-refractivity contribution >= 4 is 11.6 Å². The topological polar surface area (TPSA) is 70.9 Å². The molecule has 30 heavy (non-hydrogen) atoms. The van der Waals surface area contributed by atoms with E-state index in [-0.39, 0.29) is 0 Å². The van der Waals surface area contributed by atoms with Crippen molar-refractivity contribution in [2.45, 2.75) is 0 Å². The van der Waals surface area contributed by atoms with Crippen molar-refractivity contribution in [3.05, 3.63) is 79.5 Å². The Labute approximate surface area is 175 Å². The van der Waals surface area contributed by atoms with Gasteiger partial charge < -0.3 is 9.80 Å². The van der Waals surface area contributed by atoms with Gasteiger partial charge in [-0.2, -0.15) is 0 Å². The number of aromatic nitrogens is 5. The zero-order chi connectivity index (χ0) is 20.2. The lowest BCUT2D eigenvalue weighted by atomic mass is 10.1. The van der Waals surface area contributed by atoms with E-state index in [9.17, 15) is 0 Å². The van der Waals surface area contributed by atoms with Crippen molar-refractivity contribution in [3.8, 4) is 22.6 Å². The SMILES string of the molecule is c1ccc(N2CCN(c3cc(-c4cccnc4)nc(-c4cccnc4)n3)CC2)nc1. The lowest BCUT2D eigenvalue weighted by Gasteiger charge is -2.36. The molecule has 0 radical (unpaired) electrons. The molecule has 7 nitrogen and oxygen atoms in total. The lowest BCUT2D eigenvalue weighted by molar-refractivity contribution is 0.641. The number of nitrogens with zero attached hydrogens (tertiary/aromatic N) is 7. The van der Waals surface area contributed by atoms with Gasteiger partial charge in [0.05, 0.1) is 5.69 Å². The van der Waals surface area contributed by atoms with Crippen LogP contribution in [0, 0.1) is 0 Å². The summed E-state index contributed by atoms with van der Waals surface area (Å²) in [6.07, 6.45) is 8.99. The summed E-state index contributed by atoms with van der Waals surface area (Å²) in [5.74, 6) is 2.61. The highest BCUT2D eigenvalue weighted by Gasteiger charge is 2.21. The van der Waals surface area contributed by atoms with E-state index >= 15 is 0 Å². The predicted molar refractivity (Wildman–Crippen MR) is 117 cm³/mol. The fourth-order valence-electron chi connectivity index (χ4n) is 3.59. The standard InChI is InChI=1S/C23H21N7/c1-2-10-26-21(7-1)29-11-13-30(14-12-29)22-15-20(18-5-3-8-24-16-18)27-23(28-22)19-6-4-9-25-17-19/h1-10,15-17H,11-14H2. The first-order valence-corrected chi connectivity index (χ1v) is 9.98. The molecule has 7 heteroatoms. The molecule has 0 amide bonds. The number of rotatable bonds is 4. The lowest BCUT2D eigenvalue weighted by Crippen LogP contribution is -2.47. The van der Waals surface area contributed by atoms with E-state index in [4.69, 9.17) is 9.97 Å². The molecule has 0 spiro atoms. The molecule has 0 aromatic carbocycles. The Bertz CT molecular complexity index is 1040. The molecule has 0 N–H and O–H groups in total. The van der Waals surface area contributed by atoms with Crippen LogP contribution >= 0.6 is 0 Å². The minimum atomic E-state index is 0.673. The Morgan fingerprint density at radius 1 is 0.633 bits per heavy atom. The molecule has 1 aliphatic rings. The third-order valence-electron chi connectivity index (χ3n) is 5.17. The molecular formula is C23H21N7. The molecule has 0 atom stereocenters. The van der Waals surface area contributed by atoms with E-state index < -0.39 is 0 Å². The zero-order valence-electron chi connectivity index (χ0n) is 16.5. The monoisotopic (exact) mass is 395 g/mol. The van der Waals surface area contributed by atoms with E-state index in [1.807, 2.05) is 54.9 Å². The van der Waals surface area contributed by atoms with E-state index in [2.05, 4.69) is 30.8 Å². The second-order valence-electron chi connectivity index (χ2n) is 7.08. The molecule has 4 aromatic heterocycles. The van der Waals surface area contributed by atoms with Gasteiger partial charge >= 0.3 is 0 Å². The first-order chi connectivity index (χ1) is 14.9. The third kappa shape index (κ3) is 3.82. The number of hydrogen-bond acceptors (Lipinski definition) is 7. The first-order valence-electron chi connectivity index (χ1n) is 9.98. The Morgan fingerprint density at radius 3 is 1.97 bits per heavy atom. The van der Waals surface area contributed by atoms with Crippen molar-refractivity contribution in [1.82, 2.24) is 24.9 Å². The van der Waals surface area contributed by atoms with Crippen LogP contribution < -0.4 is 9.80 Å². The average molecular weight is 395 g/mol. The fraction of sp³-hybridized carbons (Fsp3) is 0.174. The van der Waals surface area contributed by atoms with Crippen LogP contribution in [0.1, 0.15) is 0 Å². The summed E-state index contributed by atoms with van der Waals surface area (Å²) >= 11 is 0. The first kappa shape index (κ1) is 18.2. The van der Waals surface area contributed by atoms with Gasteiger partial charge in [-0.05, 0) is 36.4 Å². The number of piperazine rings is 1. The Balaban J connectivity index is 1.46. The Hall–Kier alpha value is -3.87. The maximum Gasteiger partial charge on any atom is 0.163 e. The van der Waals surface area contributed by atoms with Gasteiger partial charge in [0.25, 0.3) is 0 Å². The molecule has 1 fully saturated rings. The van der Waals surface area contributed by atoms with Crippen LogP contribution in [0.3, 0.4) is 0 Å². The normalized spacial score (nSPS) is 14.0. The predicted octanol–water partition coefficient (Wildman–Crippen LogP) is 3.32. The summed E-state index contributed by atoms with van der Waals surface area (Å²) in [7, 11) is 0. The van der Waals surface area contributed by atoms with Gasteiger partial charge in [0.2, 0.25) is 0 Å². The summed E-state index contributed by atoms with van der Waals surface area (Å²) in [6.45, 7) is 3.52. The van der Waals surface area contributed by atoms with Crippen molar-refractivity contribution in [1.29, 1.82) is 0 Å².